The summed E-state index contributed by atoms with van der Waals surface area (Å²) in [4.78, 5) is 8.60. The van der Waals surface area contributed by atoms with Gasteiger partial charge in [-0.05, 0) is 37.9 Å². The molecular weight excluding hydrogens is 357 g/mol. The minimum atomic E-state index is -0.424. The van der Waals surface area contributed by atoms with E-state index in [1.807, 2.05) is 46.0 Å². The number of halogens is 1. The Morgan fingerprint density at radius 2 is 2.04 bits per heavy atom. The van der Waals surface area contributed by atoms with Crippen LogP contribution in [0.25, 0.3) is 5.57 Å². The largest absolute Gasteiger partial charge is 0.494 e. The molecule has 0 unspecified atom stereocenters. The van der Waals surface area contributed by atoms with E-state index in [2.05, 4.69) is 25.9 Å². The number of aryl methyl sites for hydroxylation is 1. The van der Waals surface area contributed by atoms with E-state index in [0.717, 1.165) is 36.3 Å². The van der Waals surface area contributed by atoms with Crippen molar-refractivity contribution in [3.05, 3.63) is 41.5 Å². The first-order valence-electron chi connectivity index (χ1n) is 9.68. The van der Waals surface area contributed by atoms with E-state index in [1.54, 1.807) is 6.20 Å². The molecule has 1 aliphatic heterocycles. The zero-order valence-electron chi connectivity index (χ0n) is 17.3. The molecule has 1 aliphatic rings. The van der Waals surface area contributed by atoms with Gasteiger partial charge in [0.2, 0.25) is 0 Å². The second-order valence-corrected chi connectivity index (χ2v) is 6.16. The van der Waals surface area contributed by atoms with Gasteiger partial charge in [0, 0.05) is 31.0 Å². The second kappa shape index (κ2) is 10.6. The second-order valence-electron chi connectivity index (χ2n) is 6.16. The zero-order chi connectivity index (χ0) is 20.5. The Hall–Kier alpha value is -2.67. The fourth-order valence-electron chi connectivity index (χ4n) is 3.04. The van der Waals surface area contributed by atoms with Crippen LogP contribution in [0.2, 0.25) is 0 Å². The van der Waals surface area contributed by atoms with Crippen molar-refractivity contribution >= 4 is 22.9 Å². The first kappa shape index (κ1) is 21.6. The van der Waals surface area contributed by atoms with Crippen LogP contribution < -0.4 is 20.7 Å². The van der Waals surface area contributed by atoms with Crippen LogP contribution in [0.15, 0.2) is 24.4 Å². The molecule has 6 nitrogen and oxygen atoms in total. The summed E-state index contributed by atoms with van der Waals surface area (Å²) in [6, 6.07) is 3.73. The smallest absolute Gasteiger partial charge is 0.177 e. The molecule has 0 aliphatic carbocycles. The van der Waals surface area contributed by atoms with Crippen LogP contribution in [0.1, 0.15) is 37.9 Å². The van der Waals surface area contributed by atoms with Crippen molar-refractivity contribution in [1.29, 1.82) is 0 Å². The van der Waals surface area contributed by atoms with Crippen molar-refractivity contribution in [3.8, 4) is 5.75 Å². The summed E-state index contributed by atoms with van der Waals surface area (Å²) in [5.41, 5.74) is 3.12. The van der Waals surface area contributed by atoms with Crippen LogP contribution in [-0.2, 0) is 0 Å². The predicted octanol–water partition coefficient (Wildman–Crippen LogP) is 4.51. The molecule has 3 heterocycles. The minimum Gasteiger partial charge on any atom is -0.494 e. The van der Waals surface area contributed by atoms with Crippen LogP contribution in [0.4, 0.5) is 21.7 Å². The molecule has 0 aromatic carbocycles. The van der Waals surface area contributed by atoms with Crippen molar-refractivity contribution in [3.63, 3.8) is 0 Å². The van der Waals surface area contributed by atoms with Crippen LogP contribution in [0, 0.1) is 12.7 Å². The van der Waals surface area contributed by atoms with E-state index in [-0.39, 0.29) is 5.82 Å². The summed E-state index contributed by atoms with van der Waals surface area (Å²) < 4.78 is 20.7. The van der Waals surface area contributed by atoms with Crippen molar-refractivity contribution in [2.24, 2.45) is 0 Å². The molecule has 3 N–H and O–H groups in total. The van der Waals surface area contributed by atoms with Gasteiger partial charge in [0.05, 0.1) is 18.9 Å². The van der Waals surface area contributed by atoms with Gasteiger partial charge in [-0.3, -0.25) is 0 Å². The lowest BCUT2D eigenvalue weighted by molar-refractivity contribution is 0.407. The molecule has 2 aromatic rings. The number of nitrogens with zero attached hydrogens (tertiary/aromatic N) is 2. The first-order chi connectivity index (χ1) is 13.6. The Kier molecular flexibility index (Phi) is 8.19. The topological polar surface area (TPSA) is 71.1 Å². The molecule has 0 spiro atoms. The molecule has 152 valence electrons. The maximum Gasteiger partial charge on any atom is 0.177 e. The molecular formula is C21H30FN5O. The lowest BCUT2D eigenvalue weighted by Crippen LogP contribution is -2.12. The molecule has 3 rings (SSSR count). The van der Waals surface area contributed by atoms with Gasteiger partial charge in [-0.15, -0.1) is 0 Å². The summed E-state index contributed by atoms with van der Waals surface area (Å²) in [7, 11) is 3.36. The van der Waals surface area contributed by atoms with E-state index in [0.29, 0.717) is 23.7 Å². The highest BCUT2D eigenvalue weighted by Crippen LogP contribution is 2.35. The Morgan fingerprint density at radius 3 is 2.75 bits per heavy atom. The SMILES string of the molecule is CC.CNc1cc(C)nc(Nc2ncc(OC)c(C3=CCNCCC3)c2F)c1. The summed E-state index contributed by atoms with van der Waals surface area (Å²) in [6.07, 6.45) is 5.30. The number of pyridine rings is 2. The van der Waals surface area contributed by atoms with Gasteiger partial charge in [0.25, 0.3) is 0 Å². The molecule has 28 heavy (non-hydrogen) atoms. The first-order valence-corrected chi connectivity index (χ1v) is 9.68. The Labute approximate surface area is 166 Å². The average molecular weight is 388 g/mol. The number of hydrogen-bond acceptors (Lipinski definition) is 6. The highest BCUT2D eigenvalue weighted by molar-refractivity contribution is 5.74. The summed E-state index contributed by atoms with van der Waals surface area (Å²) in [5, 5.41) is 9.35. The molecule has 0 radical (unpaired) electrons. The van der Waals surface area contributed by atoms with E-state index < -0.39 is 5.82 Å². The molecule has 0 bridgehead atoms. The van der Waals surface area contributed by atoms with Crippen molar-refractivity contribution in [2.75, 3.05) is 37.9 Å². The van der Waals surface area contributed by atoms with E-state index >= 15 is 4.39 Å². The van der Waals surface area contributed by atoms with Gasteiger partial charge in [0.15, 0.2) is 11.6 Å². The number of aromatic nitrogens is 2. The maximum absolute atomic E-state index is 15.3. The molecule has 0 fully saturated rings. The fourth-order valence-corrected chi connectivity index (χ4v) is 3.04. The van der Waals surface area contributed by atoms with E-state index in [1.165, 1.54) is 7.11 Å². The van der Waals surface area contributed by atoms with E-state index in [9.17, 15) is 0 Å². The van der Waals surface area contributed by atoms with Crippen LogP contribution in [0.5, 0.6) is 5.75 Å². The summed E-state index contributed by atoms with van der Waals surface area (Å²) in [6.45, 7) is 7.52. The molecule has 0 saturated carbocycles. The number of ether oxygens (including phenoxy) is 1. The Balaban J connectivity index is 0.00000136. The Morgan fingerprint density at radius 1 is 1.25 bits per heavy atom. The molecule has 0 atom stereocenters. The average Bonchev–Trinajstić information content (AvgIpc) is 2.99. The fraction of sp³-hybridized carbons (Fsp3) is 0.429. The molecule has 2 aromatic heterocycles. The number of nitrogens with one attached hydrogen (secondary N) is 3. The number of anilines is 3. The number of methoxy groups -OCH3 is 1. The van der Waals surface area contributed by atoms with Gasteiger partial charge < -0.3 is 20.7 Å². The monoisotopic (exact) mass is 387 g/mol. The van der Waals surface area contributed by atoms with Crippen molar-refractivity contribution < 1.29 is 9.13 Å². The molecule has 0 saturated heterocycles. The normalized spacial score (nSPS) is 13.6. The highest BCUT2D eigenvalue weighted by atomic mass is 19.1. The van der Waals surface area contributed by atoms with Crippen LogP contribution in [0.3, 0.4) is 0 Å². The summed E-state index contributed by atoms with van der Waals surface area (Å²) in [5.74, 6) is 0.688. The standard InChI is InChI=1S/C19H24FN5O.C2H6/c1-12-9-14(21-2)10-16(24-12)25-19-18(20)17(15(26-3)11-23-19)13-5-4-7-22-8-6-13;1-2/h6,9-11,22H,4-5,7-8H2,1-3H3,(H2,21,23,24,25);1-2H3. The minimum absolute atomic E-state index is 0.138. The van der Waals surface area contributed by atoms with Crippen molar-refractivity contribution in [2.45, 2.75) is 33.6 Å². The lowest BCUT2D eigenvalue weighted by atomic mass is 10.0. The summed E-state index contributed by atoms with van der Waals surface area (Å²) >= 11 is 0. The van der Waals surface area contributed by atoms with Gasteiger partial charge in [-0.25, -0.2) is 14.4 Å². The lowest BCUT2D eigenvalue weighted by Gasteiger charge is -2.15. The van der Waals surface area contributed by atoms with Crippen molar-refractivity contribution in [1.82, 2.24) is 15.3 Å². The number of rotatable bonds is 5. The highest BCUT2D eigenvalue weighted by Gasteiger charge is 2.20. The third-order valence-corrected chi connectivity index (χ3v) is 4.31. The Bertz CT molecular complexity index is 823. The zero-order valence-corrected chi connectivity index (χ0v) is 17.3. The predicted molar refractivity (Wildman–Crippen MR) is 114 cm³/mol. The van der Waals surface area contributed by atoms with Gasteiger partial charge in [0.1, 0.15) is 11.6 Å². The quantitative estimate of drug-likeness (QED) is 0.701. The van der Waals surface area contributed by atoms with Crippen LogP contribution in [-0.4, -0.2) is 37.2 Å². The number of hydrogen-bond donors (Lipinski definition) is 3. The van der Waals surface area contributed by atoms with Crippen LogP contribution >= 0.6 is 0 Å². The van der Waals surface area contributed by atoms with Gasteiger partial charge in [-0.2, -0.15) is 0 Å². The molecule has 0 amide bonds. The van der Waals surface area contributed by atoms with E-state index in [4.69, 9.17) is 4.74 Å². The third kappa shape index (κ3) is 5.19. The third-order valence-electron chi connectivity index (χ3n) is 4.31. The maximum atomic E-state index is 15.3. The van der Waals surface area contributed by atoms with Gasteiger partial charge in [-0.1, -0.05) is 19.9 Å². The number of allylic oxidation sites excluding steroid dienone is 1. The van der Waals surface area contributed by atoms with Gasteiger partial charge >= 0.3 is 0 Å². The molecule has 7 heteroatoms.